The summed E-state index contributed by atoms with van der Waals surface area (Å²) in [5, 5.41) is 0. The van der Waals surface area contributed by atoms with E-state index in [0.717, 1.165) is 6.42 Å². The van der Waals surface area contributed by atoms with Crippen LogP contribution in [0.2, 0.25) is 0 Å². The van der Waals surface area contributed by atoms with Crippen LogP contribution in [-0.2, 0) is 14.2 Å². The van der Waals surface area contributed by atoms with Crippen LogP contribution in [0, 0.1) is 23.7 Å². The fourth-order valence-electron chi connectivity index (χ4n) is 5.90. The Hall–Kier alpha value is -0.550. The molecule has 3 saturated heterocycles. The van der Waals surface area contributed by atoms with Gasteiger partial charge in [0.25, 0.3) is 0 Å². The zero-order chi connectivity index (χ0) is 17.2. The summed E-state index contributed by atoms with van der Waals surface area (Å²) in [6.45, 7) is 6.86. The molecule has 1 aliphatic carbocycles. The van der Waals surface area contributed by atoms with Crippen molar-refractivity contribution in [1.82, 2.24) is 0 Å². The highest BCUT2D eigenvalue weighted by Gasteiger charge is 2.71. The van der Waals surface area contributed by atoms with Gasteiger partial charge < -0.3 is 14.2 Å². The third-order valence-electron chi connectivity index (χ3n) is 7.12. The van der Waals surface area contributed by atoms with Crippen LogP contribution >= 0.6 is 11.8 Å². The highest BCUT2D eigenvalue weighted by molar-refractivity contribution is 7.99. The predicted molar refractivity (Wildman–Crippen MR) is 98.0 cm³/mol. The van der Waals surface area contributed by atoms with E-state index in [0.29, 0.717) is 23.7 Å². The summed E-state index contributed by atoms with van der Waals surface area (Å²) in [7, 11) is 0. The summed E-state index contributed by atoms with van der Waals surface area (Å²) in [4.78, 5) is 1.27. The molecule has 0 amide bonds. The molecule has 0 aromatic heterocycles. The minimum Gasteiger partial charge on any atom is -0.338 e. The van der Waals surface area contributed by atoms with Gasteiger partial charge in [-0.3, -0.25) is 0 Å². The van der Waals surface area contributed by atoms with Crippen LogP contribution in [0.3, 0.4) is 0 Å². The van der Waals surface area contributed by atoms with E-state index < -0.39 is 5.79 Å². The Kier molecular flexibility index (Phi) is 3.80. The van der Waals surface area contributed by atoms with E-state index in [1.54, 1.807) is 0 Å². The van der Waals surface area contributed by atoms with Gasteiger partial charge in [0, 0.05) is 11.3 Å². The van der Waals surface area contributed by atoms with Crippen molar-refractivity contribution in [2.45, 2.75) is 74.5 Å². The van der Waals surface area contributed by atoms with E-state index in [9.17, 15) is 0 Å². The lowest BCUT2D eigenvalue weighted by Gasteiger charge is -2.58. The average molecular weight is 361 g/mol. The average Bonchev–Trinajstić information content (AvgIpc) is 2.81. The smallest absolute Gasteiger partial charge is 0.191 e. The van der Waals surface area contributed by atoms with Gasteiger partial charge in [-0.2, -0.15) is 0 Å². The van der Waals surface area contributed by atoms with Crippen molar-refractivity contribution >= 4 is 11.8 Å². The van der Waals surface area contributed by atoms with Gasteiger partial charge >= 0.3 is 0 Å². The van der Waals surface area contributed by atoms with Crippen LogP contribution < -0.4 is 0 Å². The van der Waals surface area contributed by atoms with E-state index in [1.165, 1.54) is 24.2 Å². The van der Waals surface area contributed by atoms with E-state index in [-0.39, 0.29) is 17.3 Å². The molecule has 2 bridgehead atoms. The number of thioether (sulfide) groups is 1. The molecule has 4 aliphatic rings. The van der Waals surface area contributed by atoms with Crippen molar-refractivity contribution in [3.05, 3.63) is 30.3 Å². The number of benzene rings is 1. The minimum atomic E-state index is -0.456. The van der Waals surface area contributed by atoms with Gasteiger partial charge in [-0.15, -0.1) is 0 Å². The van der Waals surface area contributed by atoms with Crippen molar-refractivity contribution in [2.24, 2.45) is 23.7 Å². The quantitative estimate of drug-likeness (QED) is 0.737. The molecule has 1 aromatic carbocycles. The van der Waals surface area contributed by atoms with Gasteiger partial charge in [-0.1, -0.05) is 43.8 Å². The first-order valence-electron chi connectivity index (χ1n) is 9.77. The van der Waals surface area contributed by atoms with Crippen LogP contribution in [0.1, 0.15) is 46.5 Å². The zero-order valence-electron chi connectivity index (χ0n) is 15.3. The summed E-state index contributed by atoms with van der Waals surface area (Å²) >= 11 is 1.84. The van der Waals surface area contributed by atoms with Crippen molar-refractivity contribution in [2.75, 3.05) is 0 Å². The van der Waals surface area contributed by atoms with Crippen LogP contribution in [0.15, 0.2) is 35.2 Å². The topological polar surface area (TPSA) is 27.7 Å². The molecule has 3 heterocycles. The Morgan fingerprint density at radius 3 is 2.64 bits per heavy atom. The first-order valence-corrected chi connectivity index (χ1v) is 10.6. The molecule has 4 heteroatoms. The minimum absolute atomic E-state index is 0.128. The van der Waals surface area contributed by atoms with Crippen molar-refractivity contribution in [1.29, 1.82) is 0 Å². The van der Waals surface area contributed by atoms with Crippen LogP contribution in [0.25, 0.3) is 0 Å². The second-order valence-electron chi connectivity index (χ2n) is 8.64. The molecule has 0 N–H and O–H groups in total. The molecular formula is C21H28O3S. The summed E-state index contributed by atoms with van der Waals surface area (Å²) in [5.74, 6) is 1.79. The standard InChI is InChI=1S/C21H28O3S/c1-13-9-10-17-14(2)18(25-15-7-5-4-6-8-15)22-19-21(17)16(13)11-12-20(3,23-19)24-21/h4-8,13-14,16-19H,9-12H2,1-3H3/t13-,14-,16+,17+,18-,19-,20+,21-/m1/s1. The predicted octanol–water partition coefficient (Wildman–Crippen LogP) is 5.06. The molecule has 0 radical (unpaired) electrons. The SMILES string of the molecule is C[C@H]1[C@@H](Sc2ccccc2)O[C@@H]2O[C@]3(C)CC[C@H]4[C@H](C)CC[C@@H]1[C@@]24O3. The lowest BCUT2D eigenvalue weighted by Crippen LogP contribution is -2.65. The van der Waals surface area contributed by atoms with E-state index in [1.807, 2.05) is 11.8 Å². The first-order chi connectivity index (χ1) is 12.0. The molecule has 0 unspecified atom stereocenters. The Morgan fingerprint density at radius 2 is 1.84 bits per heavy atom. The van der Waals surface area contributed by atoms with Crippen molar-refractivity contribution in [3.63, 3.8) is 0 Å². The summed E-state index contributed by atoms with van der Waals surface area (Å²) < 4.78 is 19.7. The third-order valence-corrected chi connectivity index (χ3v) is 8.44. The molecule has 4 fully saturated rings. The molecule has 8 atom stereocenters. The van der Waals surface area contributed by atoms with Crippen molar-refractivity contribution in [3.8, 4) is 0 Å². The maximum absolute atomic E-state index is 6.73. The Balaban J connectivity index is 1.49. The van der Waals surface area contributed by atoms with E-state index in [4.69, 9.17) is 14.2 Å². The van der Waals surface area contributed by atoms with Crippen molar-refractivity contribution < 1.29 is 14.2 Å². The lowest BCUT2D eigenvalue weighted by molar-refractivity contribution is -0.275. The summed E-state index contributed by atoms with van der Waals surface area (Å²) in [6.07, 6.45) is 4.51. The molecule has 1 spiro atoms. The lowest BCUT2D eigenvalue weighted by atomic mass is 9.57. The van der Waals surface area contributed by atoms with E-state index in [2.05, 4.69) is 51.1 Å². The summed E-state index contributed by atoms with van der Waals surface area (Å²) in [6, 6.07) is 10.6. The number of hydrogen-bond donors (Lipinski definition) is 0. The third kappa shape index (κ3) is 2.37. The number of hydrogen-bond acceptors (Lipinski definition) is 4. The highest BCUT2D eigenvalue weighted by atomic mass is 32.2. The first kappa shape index (κ1) is 16.6. The largest absolute Gasteiger partial charge is 0.338 e. The summed E-state index contributed by atoms with van der Waals surface area (Å²) in [5.41, 5.74) is -0.0960. The molecule has 3 aliphatic heterocycles. The Labute approximate surface area is 154 Å². The van der Waals surface area contributed by atoms with Gasteiger partial charge in [-0.25, -0.2) is 0 Å². The van der Waals surface area contributed by atoms with Crippen LogP contribution in [0.5, 0.6) is 0 Å². The van der Waals surface area contributed by atoms with E-state index >= 15 is 0 Å². The number of ether oxygens (including phenoxy) is 3. The maximum Gasteiger partial charge on any atom is 0.191 e. The zero-order valence-corrected chi connectivity index (χ0v) is 16.1. The molecule has 25 heavy (non-hydrogen) atoms. The molecule has 1 saturated carbocycles. The molecule has 5 rings (SSSR count). The molecule has 1 aromatic rings. The van der Waals surface area contributed by atoms with Crippen LogP contribution in [-0.4, -0.2) is 23.1 Å². The second kappa shape index (κ2) is 5.72. The highest BCUT2D eigenvalue weighted by Crippen LogP contribution is 2.64. The molecule has 136 valence electrons. The van der Waals surface area contributed by atoms with Gasteiger partial charge in [-0.05, 0) is 62.0 Å². The van der Waals surface area contributed by atoms with Gasteiger partial charge in [0.05, 0.1) is 0 Å². The fourth-order valence-corrected chi connectivity index (χ4v) is 7.05. The Morgan fingerprint density at radius 1 is 1.04 bits per heavy atom. The number of fused-ring (bicyclic) bond motifs is 1. The van der Waals surface area contributed by atoms with Gasteiger partial charge in [0.2, 0.25) is 0 Å². The van der Waals surface area contributed by atoms with Gasteiger partial charge in [0.1, 0.15) is 11.0 Å². The Bertz CT molecular complexity index is 652. The van der Waals surface area contributed by atoms with Crippen LogP contribution in [0.4, 0.5) is 0 Å². The maximum atomic E-state index is 6.73. The monoisotopic (exact) mass is 360 g/mol. The normalized spacial score (nSPS) is 51.2. The molecular weight excluding hydrogens is 332 g/mol. The fraction of sp³-hybridized carbons (Fsp3) is 0.714. The number of rotatable bonds is 2. The second-order valence-corrected chi connectivity index (χ2v) is 9.81. The van der Waals surface area contributed by atoms with Gasteiger partial charge in [0.15, 0.2) is 12.1 Å². The molecule has 3 nitrogen and oxygen atoms in total.